The number of anilines is 1. The molecular weight excluding hydrogens is 469 g/mol. The van der Waals surface area contributed by atoms with Crippen LogP contribution in [0.2, 0.25) is 0 Å². The van der Waals surface area contributed by atoms with E-state index >= 15 is 4.39 Å². The molecule has 3 heterocycles. The number of halogens is 1. The highest BCUT2D eigenvalue weighted by molar-refractivity contribution is 5.89. The van der Waals surface area contributed by atoms with Gasteiger partial charge in [0, 0.05) is 13.5 Å². The summed E-state index contributed by atoms with van der Waals surface area (Å²) >= 11 is 0. The van der Waals surface area contributed by atoms with Crippen molar-refractivity contribution in [2.75, 3.05) is 18.5 Å². The molecule has 0 spiro atoms. The average Bonchev–Trinajstić information content (AvgIpc) is 3.55. The number of alkyl halides is 1. The number of nitrogens with one attached hydrogen (secondary N) is 1. The first-order chi connectivity index (χ1) is 17.2. The quantitative estimate of drug-likeness (QED) is 0.467. The summed E-state index contributed by atoms with van der Waals surface area (Å²) in [6, 6.07) is 8.41. The summed E-state index contributed by atoms with van der Waals surface area (Å²) in [5.74, 6) is -0.108. The Labute approximate surface area is 207 Å². The normalized spacial score (nSPS) is 27.7. The van der Waals surface area contributed by atoms with Crippen molar-refractivity contribution in [3.8, 4) is 0 Å². The predicted octanol–water partition coefficient (Wildman–Crippen LogP) is 3.45. The molecule has 0 amide bonds. The second-order valence-electron chi connectivity index (χ2n) is 9.59. The number of carbonyl (C=O) groups excluding carboxylic acids is 2. The fourth-order valence-electron chi connectivity index (χ4n) is 4.49. The van der Waals surface area contributed by atoms with E-state index in [1.165, 1.54) is 50.8 Å². The number of aromatic nitrogens is 4. The van der Waals surface area contributed by atoms with Gasteiger partial charge in [-0.15, -0.1) is 0 Å². The van der Waals surface area contributed by atoms with Gasteiger partial charge in [0.25, 0.3) is 0 Å². The van der Waals surface area contributed by atoms with Gasteiger partial charge in [-0.05, 0) is 44.7 Å². The van der Waals surface area contributed by atoms with Gasteiger partial charge in [-0.2, -0.15) is 0 Å². The molecule has 3 aromatic rings. The van der Waals surface area contributed by atoms with Crippen LogP contribution in [0.5, 0.6) is 0 Å². The Balaban J connectivity index is 1.44. The van der Waals surface area contributed by atoms with Gasteiger partial charge in [0.2, 0.25) is 0 Å². The lowest BCUT2D eigenvalue weighted by Gasteiger charge is -2.36. The molecule has 1 saturated carbocycles. The lowest BCUT2D eigenvalue weighted by atomic mass is 9.84. The lowest BCUT2D eigenvalue weighted by Crippen LogP contribution is -2.55. The number of hydrogen-bond acceptors (Lipinski definition) is 9. The molecule has 1 N–H and O–H groups in total. The molecule has 2 fully saturated rings. The van der Waals surface area contributed by atoms with Crippen LogP contribution >= 0.6 is 0 Å². The van der Waals surface area contributed by atoms with Crippen molar-refractivity contribution in [3.63, 3.8) is 0 Å². The summed E-state index contributed by atoms with van der Waals surface area (Å²) in [6.07, 6.45) is 2.80. The fourth-order valence-corrected chi connectivity index (χ4v) is 4.49. The third-order valence-electron chi connectivity index (χ3n) is 6.94. The van der Waals surface area contributed by atoms with Gasteiger partial charge in [0.1, 0.15) is 19.0 Å². The summed E-state index contributed by atoms with van der Waals surface area (Å²) in [7, 11) is 0. The van der Waals surface area contributed by atoms with Crippen molar-refractivity contribution in [2.45, 2.75) is 57.2 Å². The minimum atomic E-state index is -2.23. The summed E-state index contributed by atoms with van der Waals surface area (Å²) in [6.45, 7) is 4.37. The van der Waals surface area contributed by atoms with E-state index in [4.69, 9.17) is 14.2 Å². The first-order valence-corrected chi connectivity index (χ1v) is 11.9. The molecule has 0 bridgehead atoms. The molecule has 10 nitrogen and oxygen atoms in total. The maximum atomic E-state index is 16.6. The number of fused-ring (bicyclic) bond motifs is 1. The first kappa shape index (κ1) is 24.1. The number of nitrogens with zero attached hydrogens (tertiary/aromatic N) is 4. The van der Waals surface area contributed by atoms with Gasteiger partial charge in [0.15, 0.2) is 34.5 Å². The van der Waals surface area contributed by atoms with E-state index in [0.29, 0.717) is 28.5 Å². The number of rotatable bonds is 8. The van der Waals surface area contributed by atoms with Crippen molar-refractivity contribution < 1.29 is 28.2 Å². The summed E-state index contributed by atoms with van der Waals surface area (Å²) in [5.41, 5.74) is -2.82. The van der Waals surface area contributed by atoms with Gasteiger partial charge >= 0.3 is 11.9 Å². The summed E-state index contributed by atoms with van der Waals surface area (Å²) < 4.78 is 35.1. The molecule has 2 aromatic heterocycles. The Morgan fingerprint density at radius 1 is 1.19 bits per heavy atom. The molecule has 1 saturated heterocycles. The molecule has 0 radical (unpaired) electrons. The maximum Gasteiger partial charge on any atom is 0.338 e. The molecule has 5 rings (SSSR count). The summed E-state index contributed by atoms with van der Waals surface area (Å²) in [4.78, 5) is 37.5. The van der Waals surface area contributed by atoms with Crippen LogP contribution < -0.4 is 5.32 Å². The Hall–Kier alpha value is -3.60. The Morgan fingerprint density at radius 3 is 2.64 bits per heavy atom. The van der Waals surface area contributed by atoms with E-state index in [0.717, 1.165) is 6.54 Å². The van der Waals surface area contributed by atoms with Crippen LogP contribution in [0.4, 0.5) is 10.2 Å². The number of imidazole rings is 1. The van der Waals surface area contributed by atoms with Crippen LogP contribution in [-0.4, -0.2) is 62.0 Å². The Bertz CT molecular complexity index is 1280. The van der Waals surface area contributed by atoms with Crippen molar-refractivity contribution >= 4 is 28.9 Å². The molecule has 11 heteroatoms. The number of carbonyl (C=O) groups is 2. The van der Waals surface area contributed by atoms with E-state index < -0.39 is 35.5 Å². The van der Waals surface area contributed by atoms with Gasteiger partial charge in [-0.1, -0.05) is 18.2 Å². The van der Waals surface area contributed by atoms with Gasteiger partial charge in [0.05, 0.1) is 11.9 Å². The number of hydrogen-bond donors (Lipinski definition) is 1. The summed E-state index contributed by atoms with van der Waals surface area (Å²) in [5, 5.41) is 3.29. The van der Waals surface area contributed by atoms with E-state index in [1.807, 2.05) is 0 Å². The van der Waals surface area contributed by atoms with Crippen LogP contribution in [0.3, 0.4) is 0 Å². The molecule has 2 aliphatic rings. The largest absolute Gasteiger partial charge is 0.459 e. The minimum absolute atomic E-state index is 0.330. The average molecular weight is 498 g/mol. The zero-order valence-corrected chi connectivity index (χ0v) is 20.3. The van der Waals surface area contributed by atoms with Crippen LogP contribution in [0.1, 0.15) is 50.2 Å². The van der Waals surface area contributed by atoms with E-state index in [2.05, 4.69) is 20.3 Å². The van der Waals surface area contributed by atoms with Gasteiger partial charge in [-0.25, -0.2) is 24.1 Å². The minimum Gasteiger partial charge on any atom is -0.459 e. The Morgan fingerprint density at radius 2 is 1.94 bits per heavy atom. The molecule has 190 valence electrons. The lowest BCUT2D eigenvalue weighted by molar-refractivity contribution is -0.175. The molecule has 1 aromatic carbocycles. The number of esters is 2. The predicted molar refractivity (Wildman–Crippen MR) is 127 cm³/mol. The van der Waals surface area contributed by atoms with E-state index in [1.54, 1.807) is 30.3 Å². The third kappa shape index (κ3) is 4.27. The highest BCUT2D eigenvalue weighted by Crippen LogP contribution is 2.51. The van der Waals surface area contributed by atoms with Crippen LogP contribution in [0.25, 0.3) is 11.2 Å². The second-order valence-corrected chi connectivity index (χ2v) is 9.59. The van der Waals surface area contributed by atoms with Crippen molar-refractivity contribution in [1.29, 1.82) is 0 Å². The molecule has 36 heavy (non-hydrogen) atoms. The molecule has 4 atom stereocenters. The standard InChI is InChI=1S/C25H28FN5O5/c1-15(32)36-25(3)18(12-34-22(33)17-7-5-4-6-8-17)35-23(24(25,2)26)31-14-30-19-20(27-11-16-9-10-16)28-13-29-21(19)31/h4-8,13-14,16,18,23H,9-12H2,1-3H3,(H,27,28,29)/t18-,23+,24+,25+/m1/s1. The van der Waals surface area contributed by atoms with Gasteiger partial charge < -0.3 is 19.5 Å². The van der Waals surface area contributed by atoms with E-state index in [9.17, 15) is 9.59 Å². The smallest absolute Gasteiger partial charge is 0.338 e. The van der Waals surface area contributed by atoms with Crippen LogP contribution in [0, 0.1) is 5.92 Å². The zero-order chi connectivity index (χ0) is 25.5. The third-order valence-corrected chi connectivity index (χ3v) is 6.94. The molecule has 1 aliphatic carbocycles. The van der Waals surface area contributed by atoms with Gasteiger partial charge in [-0.3, -0.25) is 9.36 Å². The molecule has 0 unspecified atom stereocenters. The van der Waals surface area contributed by atoms with Crippen LogP contribution in [0.15, 0.2) is 43.0 Å². The van der Waals surface area contributed by atoms with Crippen LogP contribution in [-0.2, 0) is 19.0 Å². The molecule has 1 aliphatic heterocycles. The van der Waals surface area contributed by atoms with Crippen molar-refractivity contribution in [1.82, 2.24) is 19.5 Å². The fraction of sp³-hybridized carbons (Fsp3) is 0.480. The van der Waals surface area contributed by atoms with Crippen molar-refractivity contribution in [2.24, 2.45) is 5.92 Å². The molecular formula is C25H28FN5O5. The monoisotopic (exact) mass is 497 g/mol. The van der Waals surface area contributed by atoms with Crippen molar-refractivity contribution in [3.05, 3.63) is 48.5 Å². The second kappa shape index (κ2) is 9.12. The maximum absolute atomic E-state index is 16.6. The topological polar surface area (TPSA) is 117 Å². The SMILES string of the molecule is CC(=O)O[C@@]1(C)[C@@H](COC(=O)c2ccccc2)O[C@H](n2cnc3c(NCC4CC4)ncnc32)[C@]1(C)F. The first-order valence-electron chi connectivity index (χ1n) is 11.9. The zero-order valence-electron chi connectivity index (χ0n) is 20.3. The van der Waals surface area contributed by atoms with E-state index in [-0.39, 0.29) is 6.61 Å². The number of benzene rings is 1. The number of ether oxygens (including phenoxy) is 3. The Kier molecular flexibility index (Phi) is 6.11. The highest BCUT2D eigenvalue weighted by Gasteiger charge is 2.66. The highest BCUT2D eigenvalue weighted by atomic mass is 19.1.